The number of carbonyl (C=O) groups is 2. The van der Waals surface area contributed by atoms with E-state index in [9.17, 15) is 9.59 Å². The molecule has 1 aromatic carbocycles. The summed E-state index contributed by atoms with van der Waals surface area (Å²) in [6, 6.07) is 7.13. The van der Waals surface area contributed by atoms with Crippen molar-refractivity contribution in [3.63, 3.8) is 0 Å². The van der Waals surface area contributed by atoms with Crippen LogP contribution in [-0.2, 0) is 16.1 Å². The van der Waals surface area contributed by atoms with Gasteiger partial charge in [-0.2, -0.15) is 0 Å². The lowest BCUT2D eigenvalue weighted by Gasteiger charge is -2.35. The Bertz CT molecular complexity index is 582. The first kappa shape index (κ1) is 16.3. The van der Waals surface area contributed by atoms with Gasteiger partial charge in [-0.05, 0) is 31.2 Å². The van der Waals surface area contributed by atoms with E-state index in [4.69, 9.17) is 11.6 Å². The number of halogens is 1. The first-order chi connectivity index (χ1) is 11.0. The third kappa shape index (κ3) is 3.67. The molecule has 2 saturated heterocycles. The van der Waals surface area contributed by atoms with Crippen LogP contribution in [0.5, 0.6) is 0 Å². The van der Waals surface area contributed by atoms with Gasteiger partial charge in [0.2, 0.25) is 11.8 Å². The van der Waals surface area contributed by atoms with Gasteiger partial charge in [0.25, 0.3) is 0 Å². The fourth-order valence-electron chi connectivity index (χ4n) is 3.21. The van der Waals surface area contributed by atoms with Gasteiger partial charge in [0.1, 0.15) is 6.04 Å². The fourth-order valence-corrected chi connectivity index (χ4v) is 3.34. The van der Waals surface area contributed by atoms with Gasteiger partial charge in [0.15, 0.2) is 0 Å². The summed E-state index contributed by atoms with van der Waals surface area (Å²) >= 11 is 5.90. The van der Waals surface area contributed by atoms with Crippen LogP contribution in [0.25, 0.3) is 0 Å². The van der Waals surface area contributed by atoms with Gasteiger partial charge in [-0.3, -0.25) is 9.59 Å². The average Bonchev–Trinajstić information content (AvgIpc) is 2.91. The molecule has 2 fully saturated rings. The minimum Gasteiger partial charge on any atom is -0.338 e. The van der Waals surface area contributed by atoms with Gasteiger partial charge in [0, 0.05) is 44.2 Å². The van der Waals surface area contributed by atoms with E-state index < -0.39 is 0 Å². The number of benzene rings is 1. The molecule has 3 rings (SSSR count). The van der Waals surface area contributed by atoms with E-state index in [-0.39, 0.29) is 17.9 Å². The second kappa shape index (κ2) is 6.89. The number of likely N-dealkylation sites (N-methyl/N-ethyl adjacent to an activating group) is 1. The van der Waals surface area contributed by atoms with Gasteiger partial charge in [-0.25, -0.2) is 0 Å². The molecule has 0 spiro atoms. The summed E-state index contributed by atoms with van der Waals surface area (Å²) in [5.41, 5.74) is 1.00. The van der Waals surface area contributed by atoms with E-state index in [1.807, 2.05) is 29.2 Å². The van der Waals surface area contributed by atoms with Crippen molar-refractivity contribution in [1.29, 1.82) is 0 Å². The molecule has 0 saturated carbocycles. The molecule has 2 aliphatic heterocycles. The van der Waals surface area contributed by atoms with Crippen molar-refractivity contribution in [2.24, 2.45) is 0 Å². The molecule has 1 aromatic rings. The predicted molar refractivity (Wildman–Crippen MR) is 89.1 cm³/mol. The smallest absolute Gasteiger partial charge is 0.245 e. The Hall–Kier alpha value is -1.59. The second-order valence-corrected chi connectivity index (χ2v) is 6.77. The van der Waals surface area contributed by atoms with E-state index in [2.05, 4.69) is 11.9 Å². The van der Waals surface area contributed by atoms with Crippen molar-refractivity contribution >= 4 is 23.4 Å². The zero-order valence-corrected chi connectivity index (χ0v) is 14.1. The molecule has 0 radical (unpaired) electrons. The van der Waals surface area contributed by atoms with Crippen molar-refractivity contribution < 1.29 is 9.59 Å². The van der Waals surface area contributed by atoms with Crippen molar-refractivity contribution in [2.75, 3.05) is 33.2 Å². The highest BCUT2D eigenvalue weighted by Crippen LogP contribution is 2.24. The topological polar surface area (TPSA) is 43.9 Å². The maximum absolute atomic E-state index is 12.8. The summed E-state index contributed by atoms with van der Waals surface area (Å²) in [6.07, 6.45) is 1.08. The largest absolute Gasteiger partial charge is 0.338 e. The molecular formula is C17H22ClN3O2. The Labute approximate surface area is 141 Å². The molecule has 1 unspecified atom stereocenters. The summed E-state index contributed by atoms with van der Waals surface area (Å²) < 4.78 is 0. The Morgan fingerprint density at radius 3 is 2.48 bits per heavy atom. The first-order valence-corrected chi connectivity index (χ1v) is 8.43. The van der Waals surface area contributed by atoms with Crippen molar-refractivity contribution in [1.82, 2.24) is 14.7 Å². The van der Waals surface area contributed by atoms with Gasteiger partial charge in [-0.15, -0.1) is 0 Å². The molecule has 0 aromatic heterocycles. The van der Waals surface area contributed by atoms with Gasteiger partial charge < -0.3 is 14.7 Å². The molecular weight excluding hydrogens is 314 g/mol. The lowest BCUT2D eigenvalue weighted by molar-refractivity contribution is -0.142. The zero-order valence-electron chi connectivity index (χ0n) is 13.4. The number of hydrogen-bond acceptors (Lipinski definition) is 3. The Kier molecular flexibility index (Phi) is 4.87. The first-order valence-electron chi connectivity index (χ1n) is 8.06. The molecule has 1 atom stereocenters. The maximum atomic E-state index is 12.8. The van der Waals surface area contributed by atoms with E-state index in [1.165, 1.54) is 0 Å². The monoisotopic (exact) mass is 335 g/mol. The number of likely N-dealkylation sites (tertiary alicyclic amines) is 1. The molecule has 2 heterocycles. The van der Waals surface area contributed by atoms with Crippen LogP contribution in [0, 0.1) is 0 Å². The summed E-state index contributed by atoms with van der Waals surface area (Å²) in [6.45, 7) is 3.75. The highest BCUT2D eigenvalue weighted by Gasteiger charge is 2.38. The Morgan fingerprint density at radius 1 is 1.17 bits per heavy atom. The van der Waals surface area contributed by atoms with E-state index >= 15 is 0 Å². The van der Waals surface area contributed by atoms with Crippen LogP contribution < -0.4 is 0 Å². The van der Waals surface area contributed by atoms with Crippen molar-refractivity contribution in [3.05, 3.63) is 34.9 Å². The normalized spacial score (nSPS) is 22.7. The highest BCUT2D eigenvalue weighted by molar-refractivity contribution is 6.30. The van der Waals surface area contributed by atoms with Gasteiger partial charge in [-0.1, -0.05) is 23.7 Å². The SMILES string of the molecule is CN1CCN(C(=O)C2CCC(=O)N2Cc2ccc(Cl)cc2)CC1. The van der Waals surface area contributed by atoms with Crippen LogP contribution in [-0.4, -0.2) is 65.8 Å². The summed E-state index contributed by atoms with van der Waals surface area (Å²) in [7, 11) is 2.06. The quantitative estimate of drug-likeness (QED) is 0.843. The van der Waals surface area contributed by atoms with E-state index in [0.717, 1.165) is 31.7 Å². The standard InChI is InChI=1S/C17H22ClN3O2/c1-19-8-10-20(11-9-19)17(23)15-6-7-16(22)21(15)12-13-2-4-14(18)5-3-13/h2-5,15H,6-12H2,1H3. The van der Waals surface area contributed by atoms with Crippen LogP contribution in [0.15, 0.2) is 24.3 Å². The molecule has 0 aliphatic carbocycles. The predicted octanol–water partition coefficient (Wildman–Crippen LogP) is 1.60. The van der Waals surface area contributed by atoms with Crippen LogP contribution in [0.4, 0.5) is 0 Å². The second-order valence-electron chi connectivity index (χ2n) is 6.33. The molecule has 0 N–H and O–H groups in total. The van der Waals surface area contributed by atoms with Gasteiger partial charge in [0.05, 0.1) is 0 Å². The van der Waals surface area contributed by atoms with E-state index in [0.29, 0.717) is 24.4 Å². The summed E-state index contributed by atoms with van der Waals surface area (Å²) in [5, 5.41) is 0.673. The maximum Gasteiger partial charge on any atom is 0.245 e. The molecule has 124 valence electrons. The van der Waals surface area contributed by atoms with Crippen LogP contribution in [0.3, 0.4) is 0 Å². The fraction of sp³-hybridized carbons (Fsp3) is 0.529. The van der Waals surface area contributed by atoms with Crippen LogP contribution in [0.2, 0.25) is 5.02 Å². The van der Waals surface area contributed by atoms with Gasteiger partial charge >= 0.3 is 0 Å². The molecule has 5 nitrogen and oxygen atoms in total. The Morgan fingerprint density at radius 2 is 1.83 bits per heavy atom. The highest BCUT2D eigenvalue weighted by atomic mass is 35.5. The number of piperazine rings is 1. The van der Waals surface area contributed by atoms with E-state index in [1.54, 1.807) is 4.90 Å². The van der Waals surface area contributed by atoms with Crippen LogP contribution in [0.1, 0.15) is 18.4 Å². The number of amides is 2. The van der Waals surface area contributed by atoms with Crippen LogP contribution >= 0.6 is 11.6 Å². The molecule has 2 aliphatic rings. The summed E-state index contributed by atoms with van der Waals surface area (Å²) in [4.78, 5) is 30.9. The van der Waals surface area contributed by atoms with Crippen molar-refractivity contribution in [3.8, 4) is 0 Å². The molecule has 6 heteroatoms. The third-order valence-corrected chi connectivity index (χ3v) is 4.95. The lowest BCUT2D eigenvalue weighted by atomic mass is 10.1. The molecule has 23 heavy (non-hydrogen) atoms. The minimum atomic E-state index is -0.318. The number of nitrogens with zero attached hydrogens (tertiary/aromatic N) is 3. The molecule has 0 bridgehead atoms. The molecule has 2 amide bonds. The number of carbonyl (C=O) groups excluding carboxylic acids is 2. The van der Waals surface area contributed by atoms with Crippen molar-refractivity contribution in [2.45, 2.75) is 25.4 Å². The summed E-state index contributed by atoms with van der Waals surface area (Å²) in [5.74, 6) is 0.158. The minimum absolute atomic E-state index is 0.0624. The zero-order chi connectivity index (χ0) is 16.4. The Balaban J connectivity index is 1.69. The third-order valence-electron chi connectivity index (χ3n) is 4.69. The number of hydrogen-bond donors (Lipinski definition) is 0. The number of rotatable bonds is 3. The lowest BCUT2D eigenvalue weighted by Crippen LogP contribution is -2.53. The average molecular weight is 336 g/mol.